The van der Waals surface area contributed by atoms with Gasteiger partial charge in [-0.1, -0.05) is 32.9 Å². The highest BCUT2D eigenvalue weighted by atomic mass is 32.1. The average molecular weight is 372 g/mol. The molecule has 0 bridgehead atoms. The SMILES string of the molecule is CC(C)(C)c1ccc(C(=O)Nc2nc(-c3ccc(F)c(F)c3)cs2)cc1. The summed E-state index contributed by atoms with van der Waals surface area (Å²) in [6, 6.07) is 11.0. The number of thiazole rings is 1. The fourth-order valence-electron chi connectivity index (χ4n) is 2.41. The Balaban J connectivity index is 1.74. The molecule has 0 radical (unpaired) electrons. The first kappa shape index (κ1) is 18.2. The van der Waals surface area contributed by atoms with Crippen LogP contribution in [0.2, 0.25) is 0 Å². The second-order valence-corrected chi connectivity index (χ2v) is 7.81. The summed E-state index contributed by atoms with van der Waals surface area (Å²) in [6.45, 7) is 6.33. The Morgan fingerprint density at radius 2 is 1.73 bits per heavy atom. The summed E-state index contributed by atoms with van der Waals surface area (Å²) < 4.78 is 26.4. The molecule has 1 amide bonds. The van der Waals surface area contributed by atoms with Gasteiger partial charge in [0, 0.05) is 16.5 Å². The van der Waals surface area contributed by atoms with Crippen molar-refractivity contribution in [2.75, 3.05) is 5.32 Å². The Bertz CT molecular complexity index is 943. The molecule has 1 aromatic heterocycles. The molecule has 134 valence electrons. The van der Waals surface area contributed by atoms with E-state index in [1.165, 1.54) is 17.4 Å². The number of carbonyl (C=O) groups excluding carboxylic acids is 1. The van der Waals surface area contributed by atoms with Crippen molar-refractivity contribution >= 4 is 22.4 Å². The van der Waals surface area contributed by atoms with Gasteiger partial charge in [0.2, 0.25) is 0 Å². The number of benzene rings is 2. The van der Waals surface area contributed by atoms with Crippen LogP contribution in [0.3, 0.4) is 0 Å². The molecule has 0 spiro atoms. The largest absolute Gasteiger partial charge is 0.298 e. The van der Waals surface area contributed by atoms with E-state index in [2.05, 4.69) is 31.1 Å². The van der Waals surface area contributed by atoms with Crippen molar-refractivity contribution in [2.45, 2.75) is 26.2 Å². The molecule has 0 fully saturated rings. The van der Waals surface area contributed by atoms with Gasteiger partial charge >= 0.3 is 0 Å². The molecule has 3 nitrogen and oxygen atoms in total. The van der Waals surface area contributed by atoms with Gasteiger partial charge in [0.1, 0.15) is 0 Å². The van der Waals surface area contributed by atoms with Crippen molar-refractivity contribution < 1.29 is 13.6 Å². The number of carbonyl (C=O) groups is 1. The first-order valence-electron chi connectivity index (χ1n) is 8.07. The number of hydrogen-bond donors (Lipinski definition) is 1. The number of aromatic nitrogens is 1. The summed E-state index contributed by atoms with van der Waals surface area (Å²) in [5, 5.41) is 4.82. The van der Waals surface area contributed by atoms with Gasteiger partial charge in [-0.15, -0.1) is 11.3 Å². The van der Waals surface area contributed by atoms with Crippen molar-refractivity contribution in [3.05, 3.63) is 70.6 Å². The van der Waals surface area contributed by atoms with Crippen LogP contribution in [0.25, 0.3) is 11.3 Å². The van der Waals surface area contributed by atoms with Crippen LogP contribution in [-0.2, 0) is 5.41 Å². The summed E-state index contributed by atoms with van der Waals surface area (Å²) in [6.07, 6.45) is 0. The molecule has 0 saturated carbocycles. The standard InChI is InChI=1S/C20H18F2N2OS/c1-20(2,3)14-7-4-12(5-8-14)18(25)24-19-23-17(11-26-19)13-6-9-15(21)16(22)10-13/h4-11H,1-3H3,(H,23,24,25). The monoisotopic (exact) mass is 372 g/mol. The Hall–Kier alpha value is -2.60. The molecule has 0 aliphatic heterocycles. The van der Waals surface area contributed by atoms with Gasteiger partial charge in [-0.3, -0.25) is 10.1 Å². The maximum Gasteiger partial charge on any atom is 0.257 e. The summed E-state index contributed by atoms with van der Waals surface area (Å²) in [5.41, 5.74) is 2.62. The van der Waals surface area contributed by atoms with Crippen LogP contribution >= 0.6 is 11.3 Å². The number of anilines is 1. The third kappa shape index (κ3) is 3.96. The second-order valence-electron chi connectivity index (χ2n) is 6.95. The van der Waals surface area contributed by atoms with Gasteiger partial charge < -0.3 is 0 Å². The van der Waals surface area contributed by atoms with Crippen LogP contribution in [0, 0.1) is 11.6 Å². The van der Waals surface area contributed by atoms with Gasteiger partial charge in [-0.2, -0.15) is 0 Å². The predicted molar refractivity (Wildman–Crippen MR) is 101 cm³/mol. The fourth-order valence-corrected chi connectivity index (χ4v) is 3.12. The third-order valence-electron chi connectivity index (χ3n) is 3.95. The zero-order valence-corrected chi connectivity index (χ0v) is 15.5. The van der Waals surface area contributed by atoms with E-state index in [1.54, 1.807) is 17.5 Å². The minimum atomic E-state index is -0.931. The summed E-state index contributed by atoms with van der Waals surface area (Å²) in [7, 11) is 0. The maximum atomic E-state index is 13.4. The lowest BCUT2D eigenvalue weighted by Gasteiger charge is -2.18. The quantitative estimate of drug-likeness (QED) is 0.647. The Morgan fingerprint density at radius 1 is 1.04 bits per heavy atom. The van der Waals surface area contributed by atoms with Crippen molar-refractivity contribution in [1.82, 2.24) is 4.98 Å². The van der Waals surface area contributed by atoms with Crippen LogP contribution in [-0.4, -0.2) is 10.9 Å². The molecule has 1 N–H and O–H groups in total. The van der Waals surface area contributed by atoms with E-state index in [9.17, 15) is 13.6 Å². The summed E-state index contributed by atoms with van der Waals surface area (Å²) in [5.74, 6) is -2.10. The van der Waals surface area contributed by atoms with Gasteiger partial charge in [-0.25, -0.2) is 13.8 Å². The minimum Gasteiger partial charge on any atom is -0.298 e. The van der Waals surface area contributed by atoms with E-state index in [-0.39, 0.29) is 11.3 Å². The number of nitrogens with zero attached hydrogens (tertiary/aromatic N) is 1. The third-order valence-corrected chi connectivity index (χ3v) is 4.71. The van der Waals surface area contributed by atoms with Crippen LogP contribution in [0.1, 0.15) is 36.7 Å². The molecule has 6 heteroatoms. The predicted octanol–water partition coefficient (Wildman–Crippen LogP) is 5.64. The topological polar surface area (TPSA) is 42.0 Å². The molecule has 26 heavy (non-hydrogen) atoms. The molecule has 1 heterocycles. The minimum absolute atomic E-state index is 0.0175. The molecule has 3 rings (SSSR count). The van der Waals surface area contributed by atoms with Crippen molar-refractivity contribution in [3.8, 4) is 11.3 Å². The molecule has 0 saturated heterocycles. The van der Waals surface area contributed by atoms with Gasteiger partial charge in [0.25, 0.3) is 5.91 Å². The number of hydrogen-bond acceptors (Lipinski definition) is 3. The molecule has 0 aliphatic carbocycles. The Labute approximate surface area is 154 Å². The number of amides is 1. The second kappa shape index (κ2) is 6.96. The van der Waals surface area contributed by atoms with E-state index in [0.717, 1.165) is 17.7 Å². The van der Waals surface area contributed by atoms with Crippen molar-refractivity contribution in [2.24, 2.45) is 0 Å². The molecule has 2 aromatic carbocycles. The highest BCUT2D eigenvalue weighted by Gasteiger charge is 2.15. The van der Waals surface area contributed by atoms with E-state index in [0.29, 0.717) is 22.0 Å². The Morgan fingerprint density at radius 3 is 2.35 bits per heavy atom. The molecular weight excluding hydrogens is 354 g/mol. The smallest absolute Gasteiger partial charge is 0.257 e. The van der Waals surface area contributed by atoms with Crippen LogP contribution in [0.5, 0.6) is 0 Å². The van der Waals surface area contributed by atoms with Crippen LogP contribution < -0.4 is 5.32 Å². The highest BCUT2D eigenvalue weighted by molar-refractivity contribution is 7.14. The molecular formula is C20H18F2N2OS. The van der Waals surface area contributed by atoms with E-state index in [1.807, 2.05) is 12.1 Å². The summed E-state index contributed by atoms with van der Waals surface area (Å²) in [4.78, 5) is 16.6. The first-order chi connectivity index (χ1) is 12.2. The van der Waals surface area contributed by atoms with Gasteiger partial charge in [0.15, 0.2) is 16.8 Å². The van der Waals surface area contributed by atoms with Gasteiger partial charge in [-0.05, 0) is 41.3 Å². The fraction of sp³-hybridized carbons (Fsp3) is 0.200. The number of halogens is 2. The highest BCUT2D eigenvalue weighted by Crippen LogP contribution is 2.27. The lowest BCUT2D eigenvalue weighted by atomic mass is 9.87. The average Bonchev–Trinajstić information content (AvgIpc) is 3.05. The molecule has 3 aromatic rings. The Kier molecular flexibility index (Phi) is 4.87. The van der Waals surface area contributed by atoms with E-state index >= 15 is 0 Å². The van der Waals surface area contributed by atoms with Crippen LogP contribution in [0.4, 0.5) is 13.9 Å². The van der Waals surface area contributed by atoms with Crippen LogP contribution in [0.15, 0.2) is 47.8 Å². The number of nitrogens with one attached hydrogen (secondary N) is 1. The normalized spacial score (nSPS) is 11.4. The zero-order valence-electron chi connectivity index (χ0n) is 14.6. The molecule has 0 atom stereocenters. The first-order valence-corrected chi connectivity index (χ1v) is 8.95. The maximum absolute atomic E-state index is 13.4. The molecule has 0 unspecified atom stereocenters. The van der Waals surface area contributed by atoms with E-state index < -0.39 is 11.6 Å². The summed E-state index contributed by atoms with van der Waals surface area (Å²) >= 11 is 1.23. The van der Waals surface area contributed by atoms with Gasteiger partial charge in [0.05, 0.1) is 5.69 Å². The number of rotatable bonds is 3. The lowest BCUT2D eigenvalue weighted by molar-refractivity contribution is 0.102. The van der Waals surface area contributed by atoms with E-state index in [4.69, 9.17) is 0 Å². The van der Waals surface area contributed by atoms with Crippen molar-refractivity contribution in [3.63, 3.8) is 0 Å². The molecule has 0 aliphatic rings. The van der Waals surface area contributed by atoms with Crippen molar-refractivity contribution in [1.29, 1.82) is 0 Å². The lowest BCUT2D eigenvalue weighted by Crippen LogP contribution is -2.14. The zero-order chi connectivity index (χ0) is 18.9.